The van der Waals surface area contributed by atoms with Crippen LogP contribution in [0.15, 0.2) is 33.6 Å². The molecule has 0 bridgehead atoms. The van der Waals surface area contributed by atoms with Gasteiger partial charge in [-0.25, -0.2) is 0 Å². The summed E-state index contributed by atoms with van der Waals surface area (Å²) in [5.41, 5.74) is 1.44. The molecule has 0 saturated carbocycles. The van der Waals surface area contributed by atoms with Gasteiger partial charge in [-0.15, -0.1) is 0 Å². The summed E-state index contributed by atoms with van der Waals surface area (Å²) >= 11 is 0. The fraction of sp³-hybridized carbons (Fsp3) is 0.467. The SMILES string of the molecule is CC[C@H]1C(=O)N(CC)CC1=NS(=O)(=O)c1ccc(C)cc1. The number of benzene rings is 1. The van der Waals surface area contributed by atoms with Crippen molar-refractivity contribution >= 4 is 21.6 Å². The number of carbonyl (C=O) groups excluding carboxylic acids is 1. The summed E-state index contributed by atoms with van der Waals surface area (Å²) in [4.78, 5) is 13.9. The van der Waals surface area contributed by atoms with Gasteiger partial charge in [-0.3, -0.25) is 4.79 Å². The Morgan fingerprint density at radius 3 is 2.38 bits per heavy atom. The van der Waals surface area contributed by atoms with Gasteiger partial charge in [0.25, 0.3) is 10.0 Å². The van der Waals surface area contributed by atoms with Crippen molar-refractivity contribution in [3.05, 3.63) is 29.8 Å². The molecule has 1 heterocycles. The Balaban J connectivity index is 2.37. The Morgan fingerprint density at radius 1 is 1.24 bits per heavy atom. The number of hydrogen-bond donors (Lipinski definition) is 0. The molecule has 0 aromatic heterocycles. The van der Waals surface area contributed by atoms with E-state index in [-0.39, 0.29) is 10.8 Å². The van der Waals surface area contributed by atoms with Gasteiger partial charge < -0.3 is 4.90 Å². The second-order valence-corrected chi connectivity index (χ2v) is 6.79. The molecule has 1 saturated heterocycles. The van der Waals surface area contributed by atoms with E-state index in [1.807, 2.05) is 20.8 Å². The fourth-order valence-electron chi connectivity index (χ4n) is 2.43. The largest absolute Gasteiger partial charge is 0.337 e. The van der Waals surface area contributed by atoms with Gasteiger partial charge in [0.1, 0.15) is 0 Å². The quantitative estimate of drug-likeness (QED) is 0.854. The molecule has 0 aliphatic carbocycles. The van der Waals surface area contributed by atoms with E-state index in [0.717, 1.165) is 5.56 Å². The van der Waals surface area contributed by atoms with Crippen LogP contribution in [-0.4, -0.2) is 38.0 Å². The number of rotatable bonds is 4. The van der Waals surface area contributed by atoms with Crippen molar-refractivity contribution in [1.82, 2.24) is 4.90 Å². The molecule has 1 atom stereocenters. The van der Waals surface area contributed by atoms with E-state index in [4.69, 9.17) is 0 Å². The minimum atomic E-state index is -3.75. The van der Waals surface area contributed by atoms with Crippen LogP contribution < -0.4 is 0 Å². The Morgan fingerprint density at radius 2 is 1.86 bits per heavy atom. The van der Waals surface area contributed by atoms with Crippen molar-refractivity contribution in [2.75, 3.05) is 13.1 Å². The molecule has 1 fully saturated rings. The monoisotopic (exact) mass is 308 g/mol. The van der Waals surface area contributed by atoms with Crippen molar-refractivity contribution in [3.8, 4) is 0 Å². The van der Waals surface area contributed by atoms with Gasteiger partial charge in [-0.2, -0.15) is 12.8 Å². The number of likely N-dealkylation sites (tertiary alicyclic amines) is 1. The van der Waals surface area contributed by atoms with E-state index < -0.39 is 15.9 Å². The van der Waals surface area contributed by atoms with Crippen LogP contribution in [0.25, 0.3) is 0 Å². The van der Waals surface area contributed by atoms with Crippen molar-refractivity contribution < 1.29 is 13.2 Å². The molecule has 0 N–H and O–H groups in total. The van der Waals surface area contributed by atoms with Gasteiger partial charge in [0, 0.05) is 6.54 Å². The topological polar surface area (TPSA) is 66.8 Å². The molecule has 0 unspecified atom stereocenters. The van der Waals surface area contributed by atoms with Gasteiger partial charge >= 0.3 is 0 Å². The molecule has 21 heavy (non-hydrogen) atoms. The Labute approximate surface area is 125 Å². The maximum Gasteiger partial charge on any atom is 0.282 e. The third-order valence-corrected chi connectivity index (χ3v) is 5.05. The number of carbonyl (C=O) groups is 1. The van der Waals surface area contributed by atoms with Gasteiger partial charge in [-0.05, 0) is 32.4 Å². The van der Waals surface area contributed by atoms with E-state index in [9.17, 15) is 13.2 Å². The third kappa shape index (κ3) is 3.15. The summed E-state index contributed by atoms with van der Waals surface area (Å²) in [5.74, 6) is -0.442. The van der Waals surface area contributed by atoms with E-state index in [1.165, 1.54) is 0 Å². The van der Waals surface area contributed by atoms with E-state index in [1.54, 1.807) is 29.2 Å². The average molecular weight is 308 g/mol. The molecule has 2 rings (SSSR count). The second kappa shape index (κ2) is 5.97. The number of amides is 1. The number of aryl methyl sites for hydroxylation is 1. The molecule has 1 aliphatic heterocycles. The van der Waals surface area contributed by atoms with Gasteiger partial charge in [-0.1, -0.05) is 24.6 Å². The maximum atomic E-state index is 12.3. The summed E-state index contributed by atoms with van der Waals surface area (Å²) < 4.78 is 28.6. The molecular formula is C15H20N2O3S. The van der Waals surface area contributed by atoms with Crippen LogP contribution in [0.2, 0.25) is 0 Å². The van der Waals surface area contributed by atoms with Crippen molar-refractivity contribution in [2.24, 2.45) is 10.3 Å². The lowest BCUT2D eigenvalue weighted by molar-refractivity contribution is -0.130. The first-order valence-corrected chi connectivity index (χ1v) is 8.52. The molecule has 1 amide bonds. The molecule has 1 aliphatic rings. The van der Waals surface area contributed by atoms with Gasteiger partial charge in [0.05, 0.1) is 23.1 Å². The Bertz CT molecular complexity index is 663. The van der Waals surface area contributed by atoms with Crippen LogP contribution >= 0.6 is 0 Å². The van der Waals surface area contributed by atoms with E-state index >= 15 is 0 Å². The molecule has 6 heteroatoms. The van der Waals surface area contributed by atoms with Crippen LogP contribution in [-0.2, 0) is 14.8 Å². The molecule has 5 nitrogen and oxygen atoms in total. The van der Waals surface area contributed by atoms with Crippen molar-refractivity contribution in [2.45, 2.75) is 32.1 Å². The molecule has 0 radical (unpaired) electrons. The maximum absolute atomic E-state index is 12.3. The number of nitrogens with zero attached hydrogens (tertiary/aromatic N) is 2. The van der Waals surface area contributed by atoms with Crippen LogP contribution in [0.4, 0.5) is 0 Å². The third-order valence-electron chi connectivity index (χ3n) is 3.71. The van der Waals surface area contributed by atoms with Gasteiger partial charge in [0.15, 0.2) is 0 Å². The highest BCUT2D eigenvalue weighted by molar-refractivity contribution is 7.90. The normalized spacial score (nSPS) is 21.3. The molecule has 1 aromatic rings. The zero-order valence-electron chi connectivity index (χ0n) is 12.5. The summed E-state index contributed by atoms with van der Waals surface area (Å²) in [6.07, 6.45) is 0.567. The first-order chi connectivity index (χ1) is 9.89. The minimum absolute atomic E-state index is 0.0298. The fourth-order valence-corrected chi connectivity index (χ4v) is 3.51. The lowest BCUT2D eigenvalue weighted by Gasteiger charge is -2.11. The minimum Gasteiger partial charge on any atom is -0.337 e. The standard InChI is InChI=1S/C15H20N2O3S/c1-4-13-14(10-17(5-2)15(13)18)16-21(19,20)12-8-6-11(3)7-9-12/h6-9,13H,4-5,10H2,1-3H3/t13-/m1/s1. The molecule has 114 valence electrons. The highest BCUT2D eigenvalue weighted by atomic mass is 32.2. The Hall–Kier alpha value is -1.69. The predicted molar refractivity (Wildman–Crippen MR) is 81.8 cm³/mol. The second-order valence-electron chi connectivity index (χ2n) is 5.18. The first-order valence-electron chi connectivity index (χ1n) is 7.08. The van der Waals surface area contributed by atoms with Crippen LogP contribution in [0.3, 0.4) is 0 Å². The molecular weight excluding hydrogens is 288 g/mol. The van der Waals surface area contributed by atoms with Crippen LogP contribution in [0.1, 0.15) is 25.8 Å². The zero-order valence-corrected chi connectivity index (χ0v) is 13.4. The predicted octanol–water partition coefficient (Wildman–Crippen LogP) is 2.01. The Kier molecular flexibility index (Phi) is 4.46. The summed E-state index contributed by atoms with van der Waals surface area (Å²) in [6.45, 7) is 6.51. The highest BCUT2D eigenvalue weighted by Crippen LogP contribution is 2.22. The highest BCUT2D eigenvalue weighted by Gasteiger charge is 2.36. The van der Waals surface area contributed by atoms with Crippen LogP contribution in [0, 0.1) is 12.8 Å². The first kappa shape index (κ1) is 15.7. The van der Waals surface area contributed by atoms with Crippen molar-refractivity contribution in [3.63, 3.8) is 0 Å². The molecule has 0 spiro atoms. The van der Waals surface area contributed by atoms with Gasteiger partial charge in [0.2, 0.25) is 5.91 Å². The van der Waals surface area contributed by atoms with E-state index in [0.29, 0.717) is 25.2 Å². The number of sulfonamides is 1. The van der Waals surface area contributed by atoms with Crippen LogP contribution in [0.5, 0.6) is 0 Å². The number of hydrogen-bond acceptors (Lipinski definition) is 3. The summed E-state index contributed by atoms with van der Waals surface area (Å²) in [7, 11) is -3.75. The van der Waals surface area contributed by atoms with E-state index in [2.05, 4.69) is 4.40 Å². The lowest BCUT2D eigenvalue weighted by atomic mass is 10.0. The molecule has 1 aromatic carbocycles. The summed E-state index contributed by atoms with van der Waals surface area (Å²) in [6, 6.07) is 6.57. The smallest absolute Gasteiger partial charge is 0.282 e. The zero-order chi connectivity index (χ0) is 15.6. The van der Waals surface area contributed by atoms with Crippen molar-refractivity contribution in [1.29, 1.82) is 0 Å². The summed E-state index contributed by atoms with van der Waals surface area (Å²) in [5, 5.41) is 0. The lowest BCUT2D eigenvalue weighted by Crippen LogP contribution is -2.26. The average Bonchev–Trinajstić information content (AvgIpc) is 2.74.